The fourth-order valence-electron chi connectivity index (χ4n) is 1.83. The van der Waals surface area contributed by atoms with Crippen molar-refractivity contribution >= 4 is 18.6 Å². The zero-order valence-corrected chi connectivity index (χ0v) is 9.65. The minimum absolute atomic E-state index is 0.0567. The molecule has 1 aromatic rings. The van der Waals surface area contributed by atoms with Crippen molar-refractivity contribution in [2.24, 2.45) is 5.92 Å². The first-order chi connectivity index (χ1) is 7.20. The van der Waals surface area contributed by atoms with E-state index in [2.05, 4.69) is 12.6 Å². The highest BCUT2D eigenvalue weighted by Gasteiger charge is 2.26. The molecule has 0 saturated carbocycles. The fourth-order valence-corrected chi connectivity index (χ4v) is 2.24. The van der Waals surface area contributed by atoms with Crippen LogP contribution in [0.5, 0.6) is 0 Å². The van der Waals surface area contributed by atoms with Gasteiger partial charge in [-0.15, -0.1) is 0 Å². The Kier molecular flexibility index (Phi) is 4.69. The number of hydrogen-bond acceptors (Lipinski definition) is 2. The molecule has 0 radical (unpaired) electrons. The second-order valence-electron chi connectivity index (χ2n) is 3.55. The molecule has 0 aliphatic rings. The van der Waals surface area contributed by atoms with Crippen molar-refractivity contribution in [2.45, 2.75) is 19.3 Å². The minimum Gasteiger partial charge on any atom is -0.481 e. The van der Waals surface area contributed by atoms with Crippen LogP contribution in [0, 0.1) is 5.92 Å². The Morgan fingerprint density at radius 2 is 2.00 bits per heavy atom. The lowest BCUT2D eigenvalue weighted by Gasteiger charge is -2.21. The van der Waals surface area contributed by atoms with Crippen LogP contribution in [0.2, 0.25) is 0 Å². The second-order valence-corrected chi connectivity index (χ2v) is 3.92. The highest BCUT2D eigenvalue weighted by molar-refractivity contribution is 7.80. The highest BCUT2D eigenvalue weighted by Crippen LogP contribution is 2.28. The molecular weight excluding hydrogens is 208 g/mol. The minimum atomic E-state index is -0.763. The van der Waals surface area contributed by atoms with Gasteiger partial charge in [0.2, 0.25) is 0 Å². The SMILES string of the molecule is CCC(c1ccccc1)C(CS)C(=O)O. The van der Waals surface area contributed by atoms with Crippen LogP contribution >= 0.6 is 12.6 Å². The maximum Gasteiger partial charge on any atom is 0.307 e. The van der Waals surface area contributed by atoms with Gasteiger partial charge in [-0.05, 0) is 17.9 Å². The smallest absolute Gasteiger partial charge is 0.307 e. The van der Waals surface area contributed by atoms with Gasteiger partial charge in [0.05, 0.1) is 5.92 Å². The van der Waals surface area contributed by atoms with Crippen molar-refractivity contribution in [3.05, 3.63) is 35.9 Å². The van der Waals surface area contributed by atoms with Crippen molar-refractivity contribution in [3.63, 3.8) is 0 Å². The van der Waals surface area contributed by atoms with Crippen LogP contribution in [0.25, 0.3) is 0 Å². The molecule has 1 N–H and O–H groups in total. The molecule has 0 aliphatic heterocycles. The van der Waals surface area contributed by atoms with Gasteiger partial charge in [0.1, 0.15) is 0 Å². The van der Waals surface area contributed by atoms with E-state index in [-0.39, 0.29) is 5.92 Å². The quantitative estimate of drug-likeness (QED) is 0.755. The molecule has 0 spiro atoms. The Labute approximate surface area is 95.7 Å². The van der Waals surface area contributed by atoms with Crippen LogP contribution in [-0.4, -0.2) is 16.8 Å². The predicted molar refractivity (Wildman–Crippen MR) is 64.5 cm³/mol. The molecule has 0 aliphatic carbocycles. The Morgan fingerprint density at radius 3 is 2.40 bits per heavy atom. The summed E-state index contributed by atoms with van der Waals surface area (Å²) in [4.78, 5) is 11.1. The van der Waals surface area contributed by atoms with E-state index in [0.717, 1.165) is 12.0 Å². The lowest BCUT2D eigenvalue weighted by Crippen LogP contribution is -2.23. The largest absolute Gasteiger partial charge is 0.481 e. The molecular formula is C12H16O2S. The summed E-state index contributed by atoms with van der Waals surface area (Å²) < 4.78 is 0. The van der Waals surface area contributed by atoms with Crippen LogP contribution in [-0.2, 0) is 4.79 Å². The van der Waals surface area contributed by atoms with Crippen LogP contribution in [0.4, 0.5) is 0 Å². The number of carboxylic acids is 1. The predicted octanol–water partition coefficient (Wildman–Crippen LogP) is 2.81. The molecule has 2 atom stereocenters. The van der Waals surface area contributed by atoms with Gasteiger partial charge in [0.15, 0.2) is 0 Å². The number of rotatable bonds is 5. The fraction of sp³-hybridized carbons (Fsp3) is 0.417. The summed E-state index contributed by atoms with van der Waals surface area (Å²) in [5, 5.41) is 9.09. The van der Waals surface area contributed by atoms with E-state index in [1.54, 1.807) is 0 Å². The standard InChI is InChI=1S/C12H16O2S/c1-2-10(11(8-15)12(13)14)9-6-4-3-5-7-9/h3-7,10-11,15H,2,8H2,1H3,(H,13,14). The Balaban J connectivity index is 2.92. The van der Waals surface area contributed by atoms with E-state index < -0.39 is 11.9 Å². The number of hydrogen-bond donors (Lipinski definition) is 2. The van der Waals surface area contributed by atoms with Crippen molar-refractivity contribution in [3.8, 4) is 0 Å². The molecule has 0 saturated heterocycles. The van der Waals surface area contributed by atoms with Gasteiger partial charge in [-0.25, -0.2) is 0 Å². The molecule has 0 fully saturated rings. The highest BCUT2D eigenvalue weighted by atomic mass is 32.1. The summed E-state index contributed by atoms with van der Waals surface area (Å²) in [7, 11) is 0. The maximum atomic E-state index is 11.1. The molecule has 1 rings (SSSR count). The van der Waals surface area contributed by atoms with Gasteiger partial charge in [-0.2, -0.15) is 12.6 Å². The molecule has 0 bridgehead atoms. The molecule has 0 aromatic heterocycles. The molecule has 0 amide bonds. The third-order valence-corrected chi connectivity index (χ3v) is 3.06. The lowest BCUT2D eigenvalue weighted by molar-refractivity contribution is -0.141. The topological polar surface area (TPSA) is 37.3 Å². The molecule has 82 valence electrons. The summed E-state index contributed by atoms with van der Waals surface area (Å²) in [6.45, 7) is 2.01. The average Bonchev–Trinajstić information content (AvgIpc) is 2.26. The second kappa shape index (κ2) is 5.81. The Hall–Kier alpha value is -0.960. The molecule has 1 aromatic carbocycles. The van der Waals surface area contributed by atoms with E-state index in [4.69, 9.17) is 5.11 Å². The van der Waals surface area contributed by atoms with Crippen LogP contribution in [0.15, 0.2) is 30.3 Å². The third-order valence-electron chi connectivity index (χ3n) is 2.67. The van der Waals surface area contributed by atoms with Gasteiger partial charge in [-0.3, -0.25) is 4.79 Å². The van der Waals surface area contributed by atoms with Crippen LogP contribution < -0.4 is 0 Å². The molecule has 0 heterocycles. The monoisotopic (exact) mass is 224 g/mol. The van der Waals surface area contributed by atoms with Crippen LogP contribution in [0.1, 0.15) is 24.8 Å². The van der Waals surface area contributed by atoms with Gasteiger partial charge >= 0.3 is 5.97 Å². The number of thiol groups is 1. The van der Waals surface area contributed by atoms with E-state index in [9.17, 15) is 4.79 Å². The summed E-state index contributed by atoms with van der Waals surface area (Å²) >= 11 is 4.12. The summed E-state index contributed by atoms with van der Waals surface area (Å²) in [5.74, 6) is -0.731. The first kappa shape index (κ1) is 12.1. The number of aliphatic carboxylic acids is 1. The summed E-state index contributed by atoms with van der Waals surface area (Å²) in [5.41, 5.74) is 1.08. The van der Waals surface area contributed by atoms with Crippen LogP contribution in [0.3, 0.4) is 0 Å². The van der Waals surface area contributed by atoms with Gasteiger partial charge in [0, 0.05) is 5.75 Å². The van der Waals surface area contributed by atoms with Crippen molar-refractivity contribution in [2.75, 3.05) is 5.75 Å². The summed E-state index contributed by atoms with van der Waals surface area (Å²) in [6.07, 6.45) is 0.821. The van der Waals surface area contributed by atoms with E-state index in [1.165, 1.54) is 0 Å². The Bertz CT molecular complexity index is 311. The van der Waals surface area contributed by atoms with Crippen molar-refractivity contribution in [1.82, 2.24) is 0 Å². The molecule has 15 heavy (non-hydrogen) atoms. The van der Waals surface area contributed by atoms with Crippen molar-refractivity contribution in [1.29, 1.82) is 0 Å². The number of benzene rings is 1. The molecule has 2 unspecified atom stereocenters. The Morgan fingerprint density at radius 1 is 1.40 bits per heavy atom. The van der Waals surface area contributed by atoms with E-state index in [1.807, 2.05) is 37.3 Å². The average molecular weight is 224 g/mol. The van der Waals surface area contributed by atoms with Gasteiger partial charge in [-0.1, -0.05) is 37.3 Å². The zero-order valence-electron chi connectivity index (χ0n) is 8.76. The normalized spacial score (nSPS) is 14.5. The third kappa shape index (κ3) is 2.99. The first-order valence-corrected chi connectivity index (χ1v) is 5.72. The van der Waals surface area contributed by atoms with Gasteiger partial charge in [0.25, 0.3) is 0 Å². The molecule has 3 heteroatoms. The zero-order chi connectivity index (χ0) is 11.3. The van der Waals surface area contributed by atoms with E-state index in [0.29, 0.717) is 5.75 Å². The maximum absolute atomic E-state index is 11.1. The first-order valence-electron chi connectivity index (χ1n) is 5.09. The van der Waals surface area contributed by atoms with Gasteiger partial charge < -0.3 is 5.11 Å². The molecule has 2 nitrogen and oxygen atoms in total. The van der Waals surface area contributed by atoms with E-state index >= 15 is 0 Å². The van der Waals surface area contributed by atoms with Crippen molar-refractivity contribution < 1.29 is 9.90 Å². The number of carbonyl (C=O) groups is 1. The summed E-state index contributed by atoms with van der Waals surface area (Å²) in [6, 6.07) is 9.78. The lowest BCUT2D eigenvalue weighted by atomic mass is 9.85. The number of carboxylic acid groups (broad SMARTS) is 1.